The summed E-state index contributed by atoms with van der Waals surface area (Å²) in [4.78, 5) is 11.2. The number of carbonyl (C=O) groups is 1. The summed E-state index contributed by atoms with van der Waals surface area (Å²) in [5.74, 6) is 0. The lowest BCUT2D eigenvalue weighted by molar-refractivity contribution is -0.0980. The topological polar surface area (TPSA) is 120 Å². The van der Waals surface area contributed by atoms with Gasteiger partial charge in [0.25, 0.3) is 10.1 Å². The maximum Gasteiger partial charge on any atom is 0.317 e. The van der Waals surface area contributed by atoms with Crippen LogP contribution in [0.3, 0.4) is 0 Å². The molecular formula is C14H17N3O4S. The highest BCUT2D eigenvalue weighted by Crippen LogP contribution is 2.10. The SMILES string of the molecule is C=O.CS(=O)(=O)O.[N-]=[N+]=C1C=CC=CC1Nc1ccccc1. The minimum absolute atomic E-state index is 0.0672. The number of nitrogens with zero attached hydrogens (tertiary/aromatic N) is 2. The van der Waals surface area contributed by atoms with Crippen molar-refractivity contribution in [1.29, 1.82) is 0 Å². The first-order chi connectivity index (χ1) is 10.4. The molecule has 118 valence electrons. The molecular weight excluding hydrogens is 306 g/mol. The van der Waals surface area contributed by atoms with E-state index in [1.54, 1.807) is 6.08 Å². The van der Waals surface area contributed by atoms with Crippen LogP contribution in [0.1, 0.15) is 0 Å². The maximum absolute atomic E-state index is 9.19. The van der Waals surface area contributed by atoms with E-state index in [0.29, 0.717) is 12.0 Å². The standard InChI is InChI=1S/C12H11N3.CH4O3S.CH2O/c13-15-12-9-5-4-8-11(12)14-10-6-2-1-3-7-10;1-5(2,3)4;1-2/h1-9,11,14H;1H3,(H,2,3,4);1H2. The van der Waals surface area contributed by atoms with Crippen molar-refractivity contribution in [3.05, 3.63) is 60.2 Å². The molecule has 1 atom stereocenters. The van der Waals surface area contributed by atoms with Crippen LogP contribution in [0.5, 0.6) is 0 Å². The molecule has 0 fully saturated rings. The number of benzene rings is 1. The van der Waals surface area contributed by atoms with Crippen molar-refractivity contribution in [1.82, 2.24) is 0 Å². The monoisotopic (exact) mass is 323 g/mol. The molecule has 2 rings (SSSR count). The van der Waals surface area contributed by atoms with Crippen LogP contribution in [-0.4, -0.2) is 42.6 Å². The summed E-state index contributed by atoms with van der Waals surface area (Å²) in [6.07, 6.45) is 8.21. The van der Waals surface area contributed by atoms with Gasteiger partial charge in [-0.25, -0.2) is 0 Å². The molecule has 0 spiro atoms. The second-order valence-electron chi connectivity index (χ2n) is 3.99. The Morgan fingerprint density at radius 3 is 2.27 bits per heavy atom. The predicted molar refractivity (Wildman–Crippen MR) is 85.4 cm³/mol. The van der Waals surface area contributed by atoms with Crippen LogP contribution in [0, 0.1) is 0 Å². The van der Waals surface area contributed by atoms with E-state index in [2.05, 4.69) is 10.1 Å². The molecule has 1 aromatic rings. The van der Waals surface area contributed by atoms with Crippen LogP contribution >= 0.6 is 0 Å². The minimum Gasteiger partial charge on any atom is -0.369 e. The fraction of sp³-hybridized carbons (Fsp3) is 0.143. The first kappa shape index (κ1) is 19.5. The van der Waals surface area contributed by atoms with Crippen LogP contribution < -0.4 is 5.32 Å². The fourth-order valence-corrected chi connectivity index (χ4v) is 1.46. The lowest BCUT2D eigenvalue weighted by Crippen LogP contribution is -2.28. The van der Waals surface area contributed by atoms with E-state index < -0.39 is 10.1 Å². The van der Waals surface area contributed by atoms with Crippen molar-refractivity contribution in [2.75, 3.05) is 11.6 Å². The van der Waals surface area contributed by atoms with E-state index in [-0.39, 0.29) is 6.04 Å². The van der Waals surface area contributed by atoms with Gasteiger partial charge in [-0.15, -0.1) is 0 Å². The Morgan fingerprint density at radius 2 is 1.77 bits per heavy atom. The highest BCUT2D eigenvalue weighted by atomic mass is 32.2. The molecule has 1 aliphatic carbocycles. The molecule has 0 amide bonds. The molecule has 1 aliphatic rings. The lowest BCUT2D eigenvalue weighted by Gasteiger charge is -2.12. The third kappa shape index (κ3) is 9.38. The minimum atomic E-state index is -3.67. The van der Waals surface area contributed by atoms with Gasteiger partial charge in [0.15, 0.2) is 0 Å². The Balaban J connectivity index is 0.000000540. The van der Waals surface area contributed by atoms with Crippen LogP contribution in [0.25, 0.3) is 5.53 Å². The van der Waals surface area contributed by atoms with Crippen LogP contribution in [-0.2, 0) is 14.9 Å². The summed E-state index contributed by atoms with van der Waals surface area (Å²) in [5, 5.41) is 3.25. The van der Waals surface area contributed by atoms with Crippen molar-refractivity contribution >= 4 is 28.3 Å². The Labute approximate surface area is 129 Å². The van der Waals surface area contributed by atoms with Crippen molar-refractivity contribution in [3.63, 3.8) is 0 Å². The highest BCUT2D eigenvalue weighted by molar-refractivity contribution is 7.85. The average Bonchev–Trinajstić information content (AvgIpc) is 2.49. The molecule has 1 aromatic carbocycles. The molecule has 0 bridgehead atoms. The molecule has 0 aliphatic heterocycles. The average molecular weight is 323 g/mol. The third-order valence-corrected chi connectivity index (χ3v) is 2.21. The van der Waals surface area contributed by atoms with Gasteiger partial charge in [-0.3, -0.25) is 4.55 Å². The molecule has 0 radical (unpaired) electrons. The van der Waals surface area contributed by atoms with Crippen molar-refractivity contribution in [2.24, 2.45) is 0 Å². The molecule has 0 saturated carbocycles. The maximum atomic E-state index is 9.19. The van der Waals surface area contributed by atoms with E-state index in [9.17, 15) is 8.42 Å². The summed E-state index contributed by atoms with van der Waals surface area (Å²) in [6, 6.07) is 9.76. The lowest BCUT2D eigenvalue weighted by atomic mass is 10.1. The van der Waals surface area contributed by atoms with E-state index in [1.807, 2.05) is 55.3 Å². The molecule has 7 nitrogen and oxygen atoms in total. The summed E-state index contributed by atoms with van der Waals surface area (Å²) < 4.78 is 25.9. The number of hydrogen-bond donors (Lipinski definition) is 2. The number of rotatable bonds is 2. The summed E-state index contributed by atoms with van der Waals surface area (Å²) in [7, 11) is -3.67. The Bertz CT molecular complexity index is 655. The van der Waals surface area contributed by atoms with Gasteiger partial charge < -0.3 is 15.6 Å². The van der Waals surface area contributed by atoms with Crippen LogP contribution in [0.4, 0.5) is 5.69 Å². The number of para-hydroxylation sites is 1. The van der Waals surface area contributed by atoms with Gasteiger partial charge in [-0.05, 0) is 12.1 Å². The van der Waals surface area contributed by atoms with Gasteiger partial charge in [0.2, 0.25) is 0 Å². The first-order valence-corrected chi connectivity index (χ1v) is 7.84. The number of allylic oxidation sites excluding steroid dienone is 2. The quantitative estimate of drug-likeness (QED) is 0.486. The van der Waals surface area contributed by atoms with E-state index in [1.165, 1.54) is 0 Å². The third-order valence-electron chi connectivity index (χ3n) is 2.21. The number of anilines is 1. The van der Waals surface area contributed by atoms with Gasteiger partial charge in [0.05, 0.1) is 6.26 Å². The highest BCUT2D eigenvalue weighted by Gasteiger charge is 2.19. The zero-order chi connectivity index (χ0) is 17.0. The normalized spacial score (nSPS) is 15.5. The molecule has 8 heteroatoms. The predicted octanol–water partition coefficient (Wildman–Crippen LogP) is 1.58. The Morgan fingerprint density at radius 1 is 1.23 bits per heavy atom. The van der Waals surface area contributed by atoms with Crippen LogP contribution in [0.2, 0.25) is 0 Å². The summed E-state index contributed by atoms with van der Waals surface area (Å²) >= 11 is 0. The van der Waals surface area contributed by atoms with Crippen molar-refractivity contribution < 1.29 is 22.6 Å². The largest absolute Gasteiger partial charge is 0.369 e. The Kier molecular flexibility index (Phi) is 9.04. The molecule has 0 saturated heterocycles. The van der Waals surface area contributed by atoms with Gasteiger partial charge in [0.1, 0.15) is 12.8 Å². The second kappa shape index (κ2) is 10.2. The van der Waals surface area contributed by atoms with Crippen LogP contribution in [0.15, 0.2) is 54.6 Å². The number of hydrogen-bond acceptors (Lipinski definition) is 4. The smallest absolute Gasteiger partial charge is 0.317 e. The van der Waals surface area contributed by atoms with Crippen molar-refractivity contribution in [3.8, 4) is 0 Å². The summed E-state index contributed by atoms with van der Waals surface area (Å²) in [5.41, 5.74) is 10.4. The fourth-order valence-electron chi connectivity index (χ4n) is 1.46. The van der Waals surface area contributed by atoms with Gasteiger partial charge in [-0.2, -0.15) is 13.2 Å². The van der Waals surface area contributed by atoms with Gasteiger partial charge >= 0.3 is 5.71 Å². The zero-order valence-electron chi connectivity index (χ0n) is 12.0. The molecule has 2 N–H and O–H groups in total. The molecule has 22 heavy (non-hydrogen) atoms. The van der Waals surface area contributed by atoms with E-state index in [0.717, 1.165) is 5.69 Å². The second-order valence-corrected chi connectivity index (χ2v) is 5.46. The van der Waals surface area contributed by atoms with Gasteiger partial charge in [-0.1, -0.05) is 36.4 Å². The van der Waals surface area contributed by atoms with E-state index >= 15 is 0 Å². The van der Waals surface area contributed by atoms with Crippen molar-refractivity contribution in [2.45, 2.75) is 6.04 Å². The Hall–Kier alpha value is -2.54. The number of carbonyl (C=O) groups excluding carboxylic acids is 1. The summed E-state index contributed by atoms with van der Waals surface area (Å²) in [6.45, 7) is 2.00. The van der Waals surface area contributed by atoms with E-state index in [4.69, 9.17) is 14.9 Å². The zero-order valence-corrected chi connectivity index (χ0v) is 12.8. The van der Waals surface area contributed by atoms with Gasteiger partial charge in [0, 0.05) is 11.8 Å². The number of nitrogens with one attached hydrogen (secondary N) is 1. The first-order valence-electron chi connectivity index (χ1n) is 6.00. The molecule has 1 unspecified atom stereocenters. The molecule has 0 heterocycles. The molecule has 0 aromatic heterocycles.